The maximum Gasteiger partial charge on any atom is 0.261 e. The number of rotatable bonds is 6. The lowest BCUT2D eigenvalue weighted by atomic mass is 10.1. The van der Waals surface area contributed by atoms with Gasteiger partial charge in [0, 0.05) is 37.4 Å². The van der Waals surface area contributed by atoms with Crippen LogP contribution in [0.2, 0.25) is 0 Å². The summed E-state index contributed by atoms with van der Waals surface area (Å²) in [4.78, 5) is 17.3. The molecule has 1 heterocycles. The number of methoxy groups -OCH3 is 1. The van der Waals surface area contributed by atoms with Crippen molar-refractivity contribution in [2.45, 2.75) is 11.8 Å². The minimum Gasteiger partial charge on any atom is -0.497 e. The van der Waals surface area contributed by atoms with Crippen molar-refractivity contribution in [3.05, 3.63) is 83.9 Å². The highest BCUT2D eigenvalue weighted by atomic mass is 32.2. The van der Waals surface area contributed by atoms with Crippen LogP contribution in [0, 0.1) is 6.92 Å². The van der Waals surface area contributed by atoms with Crippen LogP contribution in [0.4, 0.5) is 11.4 Å². The Bertz CT molecular complexity index is 1220. The lowest BCUT2D eigenvalue weighted by Gasteiger charge is -2.36. The molecule has 0 radical (unpaired) electrons. The number of anilines is 2. The fraction of sp³-hybridized carbons (Fsp3) is 0.240. The van der Waals surface area contributed by atoms with Crippen molar-refractivity contribution in [2.75, 3.05) is 42.9 Å². The molecule has 3 aromatic carbocycles. The third-order valence-electron chi connectivity index (χ3n) is 5.78. The number of sulfonamides is 1. The average molecular weight is 466 g/mol. The summed E-state index contributed by atoms with van der Waals surface area (Å²) in [6.07, 6.45) is 0. The molecule has 1 N–H and O–H groups in total. The Kier molecular flexibility index (Phi) is 6.55. The van der Waals surface area contributed by atoms with Crippen LogP contribution in [-0.2, 0) is 10.0 Å². The van der Waals surface area contributed by atoms with Crippen molar-refractivity contribution in [1.29, 1.82) is 0 Å². The molecule has 8 heteroatoms. The number of nitrogens with one attached hydrogen (secondary N) is 1. The van der Waals surface area contributed by atoms with Gasteiger partial charge in [-0.2, -0.15) is 0 Å². The Morgan fingerprint density at radius 2 is 1.58 bits per heavy atom. The Balaban J connectivity index is 1.40. The second-order valence-electron chi connectivity index (χ2n) is 7.93. The molecule has 1 aliphatic heterocycles. The Labute approximate surface area is 194 Å². The molecule has 0 aromatic heterocycles. The Hall–Kier alpha value is -3.52. The van der Waals surface area contributed by atoms with E-state index in [9.17, 15) is 13.2 Å². The van der Waals surface area contributed by atoms with Crippen molar-refractivity contribution in [3.8, 4) is 5.75 Å². The standard InChI is InChI=1S/C25H27N3O4S/c1-19-18-20(8-13-24(19)26-33(30,31)23-6-4-3-5-7-23)25(29)28-16-14-27(15-17-28)21-9-11-22(32-2)12-10-21/h3-13,18,26H,14-17H2,1-2H3. The first-order valence-electron chi connectivity index (χ1n) is 10.7. The van der Waals surface area contributed by atoms with Crippen molar-refractivity contribution >= 4 is 27.3 Å². The van der Waals surface area contributed by atoms with Gasteiger partial charge in [0.25, 0.3) is 15.9 Å². The first kappa shape index (κ1) is 22.7. The Morgan fingerprint density at radius 1 is 0.909 bits per heavy atom. The van der Waals surface area contributed by atoms with Crippen molar-refractivity contribution in [1.82, 2.24) is 4.90 Å². The van der Waals surface area contributed by atoms with Gasteiger partial charge in [-0.3, -0.25) is 9.52 Å². The van der Waals surface area contributed by atoms with Crippen LogP contribution in [0.25, 0.3) is 0 Å². The van der Waals surface area contributed by atoms with E-state index in [0.717, 1.165) is 24.5 Å². The fourth-order valence-electron chi connectivity index (χ4n) is 3.86. The average Bonchev–Trinajstić information content (AvgIpc) is 2.85. The number of benzene rings is 3. The summed E-state index contributed by atoms with van der Waals surface area (Å²) in [6, 6.07) is 21.2. The van der Waals surface area contributed by atoms with Gasteiger partial charge in [0.2, 0.25) is 0 Å². The van der Waals surface area contributed by atoms with Gasteiger partial charge in [0.05, 0.1) is 17.7 Å². The third kappa shape index (κ3) is 5.12. The van der Waals surface area contributed by atoms with E-state index in [1.54, 1.807) is 62.6 Å². The number of carbonyl (C=O) groups is 1. The molecule has 7 nitrogen and oxygen atoms in total. The quantitative estimate of drug-likeness (QED) is 0.600. The zero-order valence-corrected chi connectivity index (χ0v) is 19.5. The summed E-state index contributed by atoms with van der Waals surface area (Å²) in [5.74, 6) is 0.766. The number of hydrogen-bond donors (Lipinski definition) is 1. The van der Waals surface area contributed by atoms with E-state index in [1.807, 2.05) is 29.2 Å². The third-order valence-corrected chi connectivity index (χ3v) is 7.16. The lowest BCUT2D eigenvalue weighted by molar-refractivity contribution is 0.0746. The van der Waals surface area contributed by atoms with Crippen molar-refractivity contribution in [2.24, 2.45) is 0 Å². The maximum absolute atomic E-state index is 13.0. The molecule has 0 aliphatic carbocycles. The maximum atomic E-state index is 13.0. The number of nitrogens with zero attached hydrogens (tertiary/aromatic N) is 2. The van der Waals surface area contributed by atoms with E-state index in [4.69, 9.17) is 4.74 Å². The molecule has 0 unspecified atom stereocenters. The molecule has 1 fully saturated rings. The van der Waals surface area contributed by atoms with E-state index in [1.165, 1.54) is 0 Å². The van der Waals surface area contributed by atoms with E-state index >= 15 is 0 Å². The smallest absolute Gasteiger partial charge is 0.261 e. The van der Waals surface area contributed by atoms with E-state index < -0.39 is 10.0 Å². The van der Waals surface area contributed by atoms with E-state index in [0.29, 0.717) is 29.9 Å². The fourth-order valence-corrected chi connectivity index (χ4v) is 5.01. The number of piperazine rings is 1. The van der Waals surface area contributed by atoms with Crippen LogP contribution >= 0.6 is 0 Å². The van der Waals surface area contributed by atoms with Crippen LogP contribution in [0.5, 0.6) is 5.75 Å². The predicted molar refractivity (Wildman–Crippen MR) is 130 cm³/mol. The van der Waals surface area contributed by atoms with Gasteiger partial charge < -0.3 is 14.5 Å². The highest BCUT2D eigenvalue weighted by molar-refractivity contribution is 7.92. The number of amides is 1. The summed E-state index contributed by atoms with van der Waals surface area (Å²) >= 11 is 0. The first-order valence-corrected chi connectivity index (χ1v) is 12.2. The number of carbonyl (C=O) groups excluding carboxylic acids is 1. The molecular weight excluding hydrogens is 438 g/mol. The lowest BCUT2D eigenvalue weighted by Crippen LogP contribution is -2.48. The number of hydrogen-bond acceptors (Lipinski definition) is 5. The highest BCUT2D eigenvalue weighted by Gasteiger charge is 2.23. The van der Waals surface area contributed by atoms with E-state index in [2.05, 4.69) is 9.62 Å². The van der Waals surface area contributed by atoms with Crippen LogP contribution in [0.15, 0.2) is 77.7 Å². The van der Waals surface area contributed by atoms with E-state index in [-0.39, 0.29) is 10.8 Å². The van der Waals surface area contributed by atoms with Crippen LogP contribution in [-0.4, -0.2) is 52.5 Å². The summed E-state index contributed by atoms with van der Waals surface area (Å²) < 4.78 is 33.0. The van der Waals surface area contributed by atoms with Gasteiger partial charge in [-0.15, -0.1) is 0 Å². The Morgan fingerprint density at radius 3 is 2.18 bits per heavy atom. The number of aryl methyl sites for hydroxylation is 1. The molecule has 172 valence electrons. The summed E-state index contributed by atoms with van der Waals surface area (Å²) in [7, 11) is -2.04. The first-order chi connectivity index (χ1) is 15.9. The van der Waals surface area contributed by atoms with Gasteiger partial charge in [-0.25, -0.2) is 8.42 Å². The second kappa shape index (κ2) is 9.54. The van der Waals surface area contributed by atoms with Gasteiger partial charge >= 0.3 is 0 Å². The normalized spacial score (nSPS) is 14.1. The highest BCUT2D eigenvalue weighted by Crippen LogP contribution is 2.23. The number of ether oxygens (including phenoxy) is 1. The van der Waals surface area contributed by atoms with Crippen LogP contribution in [0.3, 0.4) is 0 Å². The van der Waals surface area contributed by atoms with Gasteiger partial charge in [-0.05, 0) is 67.1 Å². The predicted octanol–water partition coefficient (Wildman–Crippen LogP) is 3.77. The van der Waals surface area contributed by atoms with Crippen LogP contribution in [0.1, 0.15) is 15.9 Å². The minimum absolute atomic E-state index is 0.0510. The molecule has 0 bridgehead atoms. The largest absolute Gasteiger partial charge is 0.497 e. The SMILES string of the molecule is COc1ccc(N2CCN(C(=O)c3ccc(NS(=O)(=O)c4ccccc4)c(C)c3)CC2)cc1. The van der Waals surface area contributed by atoms with Crippen molar-refractivity contribution < 1.29 is 17.9 Å². The summed E-state index contributed by atoms with van der Waals surface area (Å²) in [5.41, 5.74) is 2.80. The zero-order valence-electron chi connectivity index (χ0n) is 18.7. The minimum atomic E-state index is -3.69. The molecule has 1 saturated heterocycles. The zero-order chi connectivity index (χ0) is 23.4. The molecule has 3 aromatic rings. The molecule has 33 heavy (non-hydrogen) atoms. The molecule has 0 saturated carbocycles. The molecule has 1 amide bonds. The van der Waals surface area contributed by atoms with Crippen molar-refractivity contribution in [3.63, 3.8) is 0 Å². The molecule has 1 aliphatic rings. The molecule has 4 rings (SSSR count). The van der Waals surface area contributed by atoms with Crippen LogP contribution < -0.4 is 14.4 Å². The topological polar surface area (TPSA) is 79.0 Å². The van der Waals surface area contributed by atoms with Gasteiger partial charge in [0.15, 0.2) is 0 Å². The van der Waals surface area contributed by atoms with Gasteiger partial charge in [0.1, 0.15) is 5.75 Å². The van der Waals surface area contributed by atoms with Gasteiger partial charge in [-0.1, -0.05) is 18.2 Å². The monoisotopic (exact) mass is 465 g/mol. The summed E-state index contributed by atoms with van der Waals surface area (Å²) in [6.45, 7) is 4.51. The molecule has 0 atom stereocenters. The molecule has 0 spiro atoms. The summed E-state index contributed by atoms with van der Waals surface area (Å²) in [5, 5.41) is 0. The molecular formula is C25H27N3O4S. The second-order valence-corrected chi connectivity index (χ2v) is 9.61.